The van der Waals surface area contributed by atoms with Crippen LogP contribution in [0.2, 0.25) is 0 Å². The molecule has 0 saturated carbocycles. The van der Waals surface area contributed by atoms with E-state index in [4.69, 9.17) is 0 Å². The van der Waals surface area contributed by atoms with Crippen molar-refractivity contribution in [2.75, 3.05) is 0 Å². The average Bonchev–Trinajstić information content (AvgIpc) is 2.11. The van der Waals surface area contributed by atoms with E-state index in [1.54, 1.807) is 0 Å². The van der Waals surface area contributed by atoms with Crippen LogP contribution in [0.15, 0.2) is 0 Å². The van der Waals surface area contributed by atoms with Gasteiger partial charge in [0.25, 0.3) is 0 Å². The molecule has 1 unspecified atom stereocenters. The van der Waals surface area contributed by atoms with Crippen molar-refractivity contribution in [1.29, 1.82) is 0 Å². The van der Waals surface area contributed by atoms with E-state index in [9.17, 15) is 4.79 Å². The van der Waals surface area contributed by atoms with E-state index in [1.165, 1.54) is 0 Å². The fraction of sp³-hybridized carbons (Fsp3) is 0.875. The second-order valence-electron chi connectivity index (χ2n) is 4.25. The van der Waals surface area contributed by atoms with Gasteiger partial charge < -0.3 is 4.79 Å². The Balaban J connectivity index is 2.95. The van der Waals surface area contributed by atoms with Crippen LogP contribution >= 0.6 is 16.1 Å². The normalized spacial score (nSPS) is 33.6. The second kappa shape index (κ2) is 2.79. The Morgan fingerprint density at radius 3 is 2.08 bits per heavy atom. The van der Waals surface area contributed by atoms with Gasteiger partial charge in [-0.1, -0.05) is 0 Å². The van der Waals surface area contributed by atoms with Crippen molar-refractivity contribution < 1.29 is 4.79 Å². The van der Waals surface area contributed by atoms with Crippen LogP contribution in [0.25, 0.3) is 0 Å². The molecule has 1 heterocycles. The second-order valence-corrected chi connectivity index (χ2v) is 4.96. The summed E-state index contributed by atoms with van der Waals surface area (Å²) in [5.41, 5.74) is -0.347. The first-order valence-electron chi connectivity index (χ1n) is 4.01. The monoisotopic (exact) mass is 234 g/mol. The van der Waals surface area contributed by atoms with Crippen LogP contribution in [0.5, 0.6) is 0 Å². The lowest BCUT2D eigenvalue weighted by Crippen LogP contribution is -2.44. The van der Waals surface area contributed by atoms with Gasteiger partial charge in [-0.3, -0.25) is 5.32 Å². The summed E-state index contributed by atoms with van der Waals surface area (Å²) in [6, 6.07) is -0.119. The highest BCUT2D eigenvalue weighted by atomic mass is 79.9. The summed E-state index contributed by atoms with van der Waals surface area (Å²) in [7, 11) is 0. The summed E-state index contributed by atoms with van der Waals surface area (Å²) in [4.78, 5) is 10.7. The molecule has 1 N–H and O–H groups in total. The van der Waals surface area contributed by atoms with Gasteiger partial charge in [0.15, 0.2) is 0 Å². The Labute approximate surface area is 81.8 Å². The first kappa shape index (κ1) is 10.2. The minimum atomic E-state index is -0.175. The van der Waals surface area contributed by atoms with Crippen molar-refractivity contribution in [3.63, 3.8) is 0 Å². The minimum Gasteiger partial charge on any atom is -0.302 e. The molecule has 1 saturated heterocycles. The fourth-order valence-corrected chi connectivity index (χ4v) is 1.98. The molecule has 1 rings (SSSR count). The Kier molecular flexibility index (Phi) is 2.36. The van der Waals surface area contributed by atoms with Crippen LogP contribution in [0.3, 0.4) is 0 Å². The largest absolute Gasteiger partial charge is 0.302 e. The molecule has 0 aromatic carbocycles. The number of aldehydes is 1. The molecule has 0 radical (unpaired) electrons. The molecule has 1 aliphatic rings. The van der Waals surface area contributed by atoms with Crippen LogP contribution in [0, 0.1) is 0 Å². The Morgan fingerprint density at radius 1 is 1.42 bits per heavy atom. The molecule has 70 valence electrons. The molecule has 0 amide bonds. The molecule has 0 aromatic heterocycles. The van der Waals surface area contributed by atoms with Gasteiger partial charge in [0.05, 0.1) is 17.2 Å². The van der Waals surface area contributed by atoms with Crippen molar-refractivity contribution in [2.45, 2.75) is 44.9 Å². The lowest BCUT2D eigenvalue weighted by atomic mass is 9.98. The molecule has 0 bridgehead atoms. The Hall–Kier alpha value is 0.0700. The summed E-state index contributed by atoms with van der Waals surface area (Å²) in [6.45, 7) is 8.13. The highest BCUT2D eigenvalue weighted by Crippen LogP contribution is 2.36. The third kappa shape index (κ3) is 1.32. The predicted octanol–water partition coefficient (Wildman–Crippen LogP) is 1.28. The van der Waals surface area contributed by atoms with Gasteiger partial charge in [-0.25, -0.2) is 3.93 Å². The summed E-state index contributed by atoms with van der Waals surface area (Å²) in [6.07, 6.45) is 0.961. The quantitative estimate of drug-likeness (QED) is 0.549. The van der Waals surface area contributed by atoms with E-state index in [0.717, 1.165) is 6.29 Å². The van der Waals surface area contributed by atoms with Crippen molar-refractivity contribution >= 4 is 22.4 Å². The van der Waals surface area contributed by atoms with Crippen molar-refractivity contribution in [1.82, 2.24) is 9.24 Å². The summed E-state index contributed by atoms with van der Waals surface area (Å²) < 4.78 is 2.01. The third-order valence-corrected chi connectivity index (χ3v) is 4.20. The SMILES string of the molecule is CC1(C)NC(C=O)C(C)(C)N1Br. The zero-order chi connectivity index (χ0) is 9.57. The Morgan fingerprint density at radius 2 is 1.92 bits per heavy atom. The van der Waals surface area contributed by atoms with E-state index < -0.39 is 0 Å². The molecular weight excluding hydrogens is 220 g/mol. The molecular formula is C8H15BrN2O. The molecule has 1 fully saturated rings. The minimum absolute atomic E-state index is 0.119. The first-order chi connectivity index (χ1) is 5.32. The zero-order valence-electron chi connectivity index (χ0n) is 7.89. The maximum atomic E-state index is 10.7. The first-order valence-corrected chi connectivity index (χ1v) is 4.72. The van der Waals surface area contributed by atoms with Crippen LogP contribution in [-0.2, 0) is 4.79 Å². The van der Waals surface area contributed by atoms with Gasteiger partial charge in [0, 0.05) is 16.1 Å². The molecule has 0 aromatic rings. The van der Waals surface area contributed by atoms with E-state index >= 15 is 0 Å². The van der Waals surface area contributed by atoms with Gasteiger partial charge in [0.1, 0.15) is 6.29 Å². The predicted molar refractivity (Wildman–Crippen MR) is 51.9 cm³/mol. The summed E-state index contributed by atoms with van der Waals surface area (Å²) in [5, 5.41) is 3.23. The zero-order valence-corrected chi connectivity index (χ0v) is 9.47. The number of hydrogen-bond donors (Lipinski definition) is 1. The van der Waals surface area contributed by atoms with Gasteiger partial charge in [-0.2, -0.15) is 0 Å². The highest BCUT2D eigenvalue weighted by molar-refractivity contribution is 9.07. The highest BCUT2D eigenvalue weighted by Gasteiger charge is 2.50. The number of nitrogens with zero attached hydrogens (tertiary/aromatic N) is 1. The van der Waals surface area contributed by atoms with Crippen LogP contribution in [0.1, 0.15) is 27.7 Å². The lowest BCUT2D eigenvalue weighted by Gasteiger charge is -2.33. The molecule has 0 spiro atoms. The van der Waals surface area contributed by atoms with E-state index in [0.29, 0.717) is 0 Å². The molecule has 0 aliphatic carbocycles. The van der Waals surface area contributed by atoms with E-state index in [-0.39, 0.29) is 17.2 Å². The number of carbonyl (C=O) groups excluding carboxylic acids is 1. The maximum absolute atomic E-state index is 10.7. The topological polar surface area (TPSA) is 32.3 Å². The smallest absolute Gasteiger partial charge is 0.138 e. The molecule has 1 aliphatic heterocycles. The number of carbonyl (C=O) groups is 1. The summed E-state index contributed by atoms with van der Waals surface area (Å²) in [5.74, 6) is 0. The lowest BCUT2D eigenvalue weighted by molar-refractivity contribution is -0.110. The molecule has 1 atom stereocenters. The van der Waals surface area contributed by atoms with Gasteiger partial charge >= 0.3 is 0 Å². The van der Waals surface area contributed by atoms with Crippen LogP contribution < -0.4 is 5.32 Å². The number of rotatable bonds is 1. The maximum Gasteiger partial charge on any atom is 0.138 e. The third-order valence-electron chi connectivity index (χ3n) is 2.40. The van der Waals surface area contributed by atoms with Crippen molar-refractivity contribution in [3.8, 4) is 0 Å². The number of halogens is 1. The average molecular weight is 235 g/mol. The molecule has 4 heteroatoms. The van der Waals surface area contributed by atoms with Gasteiger partial charge in [0.2, 0.25) is 0 Å². The van der Waals surface area contributed by atoms with Crippen molar-refractivity contribution in [2.24, 2.45) is 0 Å². The molecule has 3 nitrogen and oxygen atoms in total. The number of hydrogen-bond acceptors (Lipinski definition) is 3. The van der Waals surface area contributed by atoms with Gasteiger partial charge in [-0.05, 0) is 27.7 Å². The fourth-order valence-electron chi connectivity index (χ4n) is 1.66. The Bertz CT molecular complexity index is 203. The standard InChI is InChI=1S/C8H15BrN2O/c1-7(2)6(5-12)10-8(3,4)11(7)9/h5-6,10H,1-4H3. The number of nitrogens with one attached hydrogen (secondary N) is 1. The van der Waals surface area contributed by atoms with Crippen molar-refractivity contribution in [3.05, 3.63) is 0 Å². The van der Waals surface area contributed by atoms with Crippen LogP contribution in [-0.4, -0.2) is 27.5 Å². The van der Waals surface area contributed by atoms with E-state index in [1.807, 2.05) is 31.6 Å². The van der Waals surface area contributed by atoms with E-state index in [2.05, 4.69) is 21.5 Å². The molecule has 12 heavy (non-hydrogen) atoms. The summed E-state index contributed by atoms with van der Waals surface area (Å²) >= 11 is 3.47. The van der Waals surface area contributed by atoms with Gasteiger partial charge in [-0.15, -0.1) is 0 Å². The van der Waals surface area contributed by atoms with Crippen LogP contribution in [0.4, 0.5) is 0 Å².